The Bertz CT molecular complexity index is 933. The molecule has 0 saturated heterocycles. The van der Waals surface area contributed by atoms with Crippen LogP contribution in [0.1, 0.15) is 12.5 Å². The second-order valence-electron chi connectivity index (χ2n) is 5.76. The average Bonchev–Trinajstić information content (AvgIpc) is 2.70. The lowest BCUT2D eigenvalue weighted by Gasteiger charge is -2.07. The molecular formula is C21H20N2O3. The minimum atomic E-state index is -0.319. The van der Waals surface area contributed by atoms with Crippen LogP contribution < -0.4 is 14.9 Å². The first-order valence-corrected chi connectivity index (χ1v) is 8.25. The van der Waals surface area contributed by atoms with E-state index in [0.717, 1.165) is 22.4 Å². The molecule has 26 heavy (non-hydrogen) atoms. The van der Waals surface area contributed by atoms with E-state index >= 15 is 0 Å². The lowest BCUT2D eigenvalue weighted by atomic mass is 10.0. The van der Waals surface area contributed by atoms with Crippen molar-refractivity contribution >= 4 is 22.4 Å². The highest BCUT2D eigenvalue weighted by Crippen LogP contribution is 2.17. The van der Waals surface area contributed by atoms with E-state index in [0.29, 0.717) is 5.75 Å². The van der Waals surface area contributed by atoms with Crippen molar-refractivity contribution in [3.8, 4) is 11.5 Å². The third-order valence-corrected chi connectivity index (χ3v) is 3.94. The van der Waals surface area contributed by atoms with E-state index in [9.17, 15) is 4.79 Å². The van der Waals surface area contributed by atoms with Crippen LogP contribution in [0.15, 0.2) is 71.8 Å². The normalized spacial score (nSPS) is 11.2. The molecule has 3 aromatic carbocycles. The smallest absolute Gasteiger partial charge is 0.277 e. The van der Waals surface area contributed by atoms with Gasteiger partial charge in [0.05, 0.1) is 12.8 Å². The summed E-state index contributed by atoms with van der Waals surface area (Å²) >= 11 is 0. The van der Waals surface area contributed by atoms with Crippen LogP contribution >= 0.6 is 0 Å². The maximum atomic E-state index is 11.9. The van der Waals surface area contributed by atoms with Gasteiger partial charge in [-0.2, -0.15) is 5.10 Å². The monoisotopic (exact) mass is 348 g/mol. The summed E-state index contributed by atoms with van der Waals surface area (Å²) in [5.41, 5.74) is 4.21. The van der Waals surface area contributed by atoms with Crippen molar-refractivity contribution in [1.29, 1.82) is 0 Å². The summed E-state index contributed by atoms with van der Waals surface area (Å²) in [6.07, 6.45) is 0. The summed E-state index contributed by atoms with van der Waals surface area (Å²) in [7, 11) is 1.60. The van der Waals surface area contributed by atoms with Crippen molar-refractivity contribution < 1.29 is 14.3 Å². The first kappa shape index (κ1) is 17.5. The fourth-order valence-electron chi connectivity index (χ4n) is 2.48. The predicted molar refractivity (Wildman–Crippen MR) is 103 cm³/mol. The van der Waals surface area contributed by atoms with Gasteiger partial charge in [0, 0.05) is 0 Å². The lowest BCUT2D eigenvalue weighted by molar-refractivity contribution is -0.123. The van der Waals surface area contributed by atoms with Crippen molar-refractivity contribution in [2.75, 3.05) is 13.7 Å². The number of methoxy groups -OCH3 is 1. The highest BCUT2D eigenvalue weighted by Gasteiger charge is 2.04. The maximum Gasteiger partial charge on any atom is 0.277 e. The quantitative estimate of drug-likeness (QED) is 0.545. The second-order valence-corrected chi connectivity index (χ2v) is 5.76. The molecule has 0 aromatic heterocycles. The van der Waals surface area contributed by atoms with Gasteiger partial charge < -0.3 is 9.47 Å². The van der Waals surface area contributed by atoms with Gasteiger partial charge in [0.1, 0.15) is 11.5 Å². The number of fused-ring (bicyclic) bond motifs is 1. The molecule has 3 aromatic rings. The van der Waals surface area contributed by atoms with Gasteiger partial charge in [0.2, 0.25) is 0 Å². The number of nitrogens with zero attached hydrogens (tertiary/aromatic N) is 1. The van der Waals surface area contributed by atoms with Gasteiger partial charge in [-0.05, 0) is 53.6 Å². The summed E-state index contributed by atoms with van der Waals surface area (Å²) in [5, 5.41) is 6.46. The van der Waals surface area contributed by atoms with Crippen molar-refractivity contribution in [2.45, 2.75) is 6.92 Å². The molecule has 0 bridgehead atoms. The Balaban J connectivity index is 1.57. The standard InChI is InChI=1S/C21H20N2O3/c1-15(17-8-7-16-5-3-4-6-18(16)13-17)22-23-21(24)14-26-20-11-9-19(25-2)10-12-20/h3-13H,14H2,1-2H3,(H,23,24)/b22-15+. The van der Waals surface area contributed by atoms with Crippen LogP contribution in [0, 0.1) is 0 Å². The Hall–Kier alpha value is -3.34. The van der Waals surface area contributed by atoms with Crippen LogP contribution in [0.3, 0.4) is 0 Å². The molecule has 1 N–H and O–H groups in total. The molecule has 0 fully saturated rings. The van der Waals surface area contributed by atoms with E-state index in [1.807, 2.05) is 43.3 Å². The van der Waals surface area contributed by atoms with E-state index < -0.39 is 0 Å². The number of carbonyl (C=O) groups excluding carboxylic acids is 1. The van der Waals surface area contributed by atoms with Crippen LogP contribution in [0.5, 0.6) is 11.5 Å². The van der Waals surface area contributed by atoms with Gasteiger partial charge in [-0.25, -0.2) is 5.43 Å². The molecule has 0 spiro atoms. The van der Waals surface area contributed by atoms with E-state index in [-0.39, 0.29) is 12.5 Å². The number of nitrogens with one attached hydrogen (secondary N) is 1. The van der Waals surface area contributed by atoms with Gasteiger partial charge in [-0.3, -0.25) is 4.79 Å². The van der Waals surface area contributed by atoms with Crippen molar-refractivity contribution in [3.63, 3.8) is 0 Å². The summed E-state index contributed by atoms with van der Waals surface area (Å²) < 4.78 is 10.5. The van der Waals surface area contributed by atoms with Crippen LogP contribution in [0.4, 0.5) is 0 Å². The Morgan fingerprint density at radius 2 is 1.65 bits per heavy atom. The zero-order valence-corrected chi connectivity index (χ0v) is 14.7. The van der Waals surface area contributed by atoms with Crippen molar-refractivity contribution in [1.82, 2.24) is 5.43 Å². The zero-order chi connectivity index (χ0) is 18.4. The van der Waals surface area contributed by atoms with Crippen LogP contribution in [0.2, 0.25) is 0 Å². The summed E-state index contributed by atoms with van der Waals surface area (Å²) in [6, 6.07) is 21.2. The number of ether oxygens (including phenoxy) is 2. The van der Waals surface area contributed by atoms with E-state index in [1.165, 1.54) is 5.39 Å². The van der Waals surface area contributed by atoms with Gasteiger partial charge in [0.15, 0.2) is 6.61 Å². The van der Waals surface area contributed by atoms with Crippen LogP contribution in [-0.2, 0) is 4.79 Å². The topological polar surface area (TPSA) is 59.9 Å². The van der Waals surface area contributed by atoms with E-state index in [2.05, 4.69) is 16.6 Å². The molecule has 0 radical (unpaired) electrons. The number of amides is 1. The molecule has 0 aliphatic heterocycles. The highest BCUT2D eigenvalue weighted by molar-refractivity contribution is 6.02. The van der Waals surface area contributed by atoms with Crippen LogP contribution in [0.25, 0.3) is 10.8 Å². The SMILES string of the molecule is COc1ccc(OCC(=O)N/N=C(\C)c2ccc3ccccc3c2)cc1. The molecule has 0 aliphatic rings. The second kappa shape index (κ2) is 8.16. The maximum absolute atomic E-state index is 11.9. The first-order valence-electron chi connectivity index (χ1n) is 8.25. The summed E-state index contributed by atoms with van der Waals surface area (Å²) in [4.78, 5) is 11.9. The number of hydrogen-bond donors (Lipinski definition) is 1. The van der Waals surface area contributed by atoms with E-state index in [4.69, 9.17) is 9.47 Å². The molecule has 0 heterocycles. The molecule has 0 aliphatic carbocycles. The highest BCUT2D eigenvalue weighted by atomic mass is 16.5. The lowest BCUT2D eigenvalue weighted by Crippen LogP contribution is -2.25. The molecule has 0 atom stereocenters. The van der Waals surface area contributed by atoms with Crippen LogP contribution in [-0.4, -0.2) is 25.3 Å². The van der Waals surface area contributed by atoms with E-state index in [1.54, 1.807) is 31.4 Å². The molecule has 0 unspecified atom stereocenters. The molecule has 1 amide bonds. The Morgan fingerprint density at radius 3 is 2.38 bits per heavy atom. The Kier molecular flexibility index (Phi) is 5.49. The fraction of sp³-hybridized carbons (Fsp3) is 0.143. The summed E-state index contributed by atoms with van der Waals surface area (Å²) in [5.74, 6) is 1.01. The largest absolute Gasteiger partial charge is 0.497 e. The third-order valence-electron chi connectivity index (χ3n) is 3.94. The predicted octanol–water partition coefficient (Wildman–Crippen LogP) is 3.77. The van der Waals surface area contributed by atoms with Gasteiger partial charge in [-0.15, -0.1) is 0 Å². The number of benzene rings is 3. The fourth-order valence-corrected chi connectivity index (χ4v) is 2.48. The summed E-state index contributed by atoms with van der Waals surface area (Å²) in [6.45, 7) is 1.75. The van der Waals surface area contributed by atoms with Gasteiger partial charge in [0.25, 0.3) is 5.91 Å². The van der Waals surface area contributed by atoms with Gasteiger partial charge in [-0.1, -0.05) is 36.4 Å². The molecule has 132 valence electrons. The number of hydrogen-bond acceptors (Lipinski definition) is 4. The average molecular weight is 348 g/mol. The Morgan fingerprint density at radius 1 is 0.962 bits per heavy atom. The third kappa shape index (κ3) is 4.39. The minimum absolute atomic E-state index is 0.110. The zero-order valence-electron chi connectivity index (χ0n) is 14.7. The number of carbonyl (C=O) groups is 1. The number of rotatable bonds is 6. The number of hydrazone groups is 1. The molecule has 0 saturated carbocycles. The molecule has 3 rings (SSSR count). The molecular weight excluding hydrogens is 328 g/mol. The van der Waals surface area contributed by atoms with Crippen molar-refractivity contribution in [2.24, 2.45) is 5.10 Å². The Labute approximate surface area is 152 Å². The van der Waals surface area contributed by atoms with Gasteiger partial charge >= 0.3 is 0 Å². The minimum Gasteiger partial charge on any atom is -0.497 e. The first-order chi connectivity index (χ1) is 12.7. The molecule has 5 nitrogen and oxygen atoms in total. The van der Waals surface area contributed by atoms with Crippen molar-refractivity contribution in [3.05, 3.63) is 72.3 Å². The molecule has 5 heteroatoms.